The number of anilines is 2. The lowest BCUT2D eigenvalue weighted by atomic mass is 10.0. The SMILES string of the molecule is CN(C)c1nccc(N2CCN(C(=O)[C@@H]3CCC[C@@H]3N)CC2)n1. The number of aromatic nitrogens is 2. The minimum atomic E-state index is 0.0287. The molecule has 2 aliphatic rings. The number of nitrogens with zero attached hydrogens (tertiary/aromatic N) is 5. The van der Waals surface area contributed by atoms with Gasteiger partial charge in [0.1, 0.15) is 5.82 Å². The topological polar surface area (TPSA) is 78.6 Å². The second kappa shape index (κ2) is 6.70. The molecule has 7 heteroatoms. The molecule has 2 heterocycles. The predicted molar refractivity (Wildman–Crippen MR) is 90.5 cm³/mol. The maximum Gasteiger partial charge on any atom is 0.227 e. The van der Waals surface area contributed by atoms with Crippen molar-refractivity contribution in [2.24, 2.45) is 11.7 Å². The van der Waals surface area contributed by atoms with Crippen molar-refractivity contribution in [3.63, 3.8) is 0 Å². The summed E-state index contributed by atoms with van der Waals surface area (Å²) in [5, 5.41) is 0. The van der Waals surface area contributed by atoms with Gasteiger partial charge in [-0.1, -0.05) is 6.42 Å². The van der Waals surface area contributed by atoms with E-state index in [1.165, 1.54) is 0 Å². The van der Waals surface area contributed by atoms with E-state index in [-0.39, 0.29) is 17.9 Å². The summed E-state index contributed by atoms with van der Waals surface area (Å²) in [6, 6.07) is 1.97. The van der Waals surface area contributed by atoms with Gasteiger partial charge in [0, 0.05) is 52.5 Å². The average molecular weight is 318 g/mol. The standard InChI is InChI=1S/C16H26N6O/c1-20(2)16-18-7-6-14(19-16)21-8-10-22(11-9-21)15(23)12-4-3-5-13(12)17/h6-7,12-13H,3-5,8-11,17H2,1-2H3/t12-,13+/m1/s1. The van der Waals surface area contributed by atoms with Crippen molar-refractivity contribution in [3.8, 4) is 0 Å². The number of rotatable bonds is 3. The normalized spacial score (nSPS) is 24.8. The molecule has 7 nitrogen and oxygen atoms in total. The van der Waals surface area contributed by atoms with E-state index in [9.17, 15) is 4.79 Å². The van der Waals surface area contributed by atoms with E-state index in [0.29, 0.717) is 5.95 Å². The van der Waals surface area contributed by atoms with Gasteiger partial charge in [-0.25, -0.2) is 4.98 Å². The van der Waals surface area contributed by atoms with E-state index < -0.39 is 0 Å². The number of hydrogen-bond acceptors (Lipinski definition) is 6. The second-order valence-electron chi connectivity index (χ2n) is 6.62. The number of amides is 1. The van der Waals surface area contributed by atoms with Crippen LogP contribution in [0.5, 0.6) is 0 Å². The molecule has 2 N–H and O–H groups in total. The van der Waals surface area contributed by atoms with Crippen molar-refractivity contribution < 1.29 is 4.79 Å². The largest absolute Gasteiger partial charge is 0.353 e. The molecule has 0 aromatic carbocycles. The summed E-state index contributed by atoms with van der Waals surface area (Å²) in [6.45, 7) is 3.09. The van der Waals surface area contributed by atoms with E-state index >= 15 is 0 Å². The van der Waals surface area contributed by atoms with Crippen LogP contribution in [0.3, 0.4) is 0 Å². The summed E-state index contributed by atoms with van der Waals surface area (Å²) < 4.78 is 0. The summed E-state index contributed by atoms with van der Waals surface area (Å²) in [4.78, 5) is 27.5. The van der Waals surface area contributed by atoms with Gasteiger partial charge < -0.3 is 20.4 Å². The molecule has 1 amide bonds. The Labute approximate surface area is 137 Å². The maximum atomic E-state index is 12.6. The molecule has 23 heavy (non-hydrogen) atoms. The molecular formula is C16H26N6O. The van der Waals surface area contributed by atoms with Crippen LogP contribution in [0, 0.1) is 5.92 Å². The summed E-state index contributed by atoms with van der Waals surface area (Å²) >= 11 is 0. The fraction of sp³-hybridized carbons (Fsp3) is 0.688. The smallest absolute Gasteiger partial charge is 0.227 e. The van der Waals surface area contributed by atoms with Crippen LogP contribution in [-0.2, 0) is 4.79 Å². The van der Waals surface area contributed by atoms with Crippen LogP contribution in [0.15, 0.2) is 12.3 Å². The van der Waals surface area contributed by atoms with Crippen molar-refractivity contribution in [1.29, 1.82) is 0 Å². The molecule has 1 saturated carbocycles. The zero-order valence-electron chi connectivity index (χ0n) is 14.0. The molecule has 1 aromatic rings. The highest BCUT2D eigenvalue weighted by molar-refractivity contribution is 5.80. The van der Waals surface area contributed by atoms with E-state index in [0.717, 1.165) is 51.3 Å². The van der Waals surface area contributed by atoms with Crippen LogP contribution in [0.25, 0.3) is 0 Å². The van der Waals surface area contributed by atoms with Crippen LogP contribution in [-0.4, -0.2) is 67.1 Å². The average Bonchev–Trinajstić information content (AvgIpc) is 3.00. The Morgan fingerprint density at radius 2 is 2.00 bits per heavy atom. The molecule has 0 spiro atoms. The van der Waals surface area contributed by atoms with E-state index in [2.05, 4.69) is 14.9 Å². The minimum Gasteiger partial charge on any atom is -0.353 e. The second-order valence-corrected chi connectivity index (χ2v) is 6.62. The Morgan fingerprint density at radius 1 is 1.26 bits per heavy atom. The van der Waals surface area contributed by atoms with Gasteiger partial charge in [0.25, 0.3) is 0 Å². The molecule has 126 valence electrons. The number of piperazine rings is 1. The first-order chi connectivity index (χ1) is 11.1. The Hall–Kier alpha value is -1.89. The monoisotopic (exact) mass is 318 g/mol. The molecule has 1 aliphatic carbocycles. The van der Waals surface area contributed by atoms with Gasteiger partial charge in [-0.15, -0.1) is 0 Å². The third-order valence-corrected chi connectivity index (χ3v) is 4.83. The first-order valence-corrected chi connectivity index (χ1v) is 8.36. The third-order valence-electron chi connectivity index (χ3n) is 4.83. The molecule has 1 aromatic heterocycles. The Balaban J connectivity index is 1.60. The van der Waals surface area contributed by atoms with Crippen LogP contribution >= 0.6 is 0 Å². The highest BCUT2D eigenvalue weighted by atomic mass is 16.2. The zero-order valence-corrected chi connectivity index (χ0v) is 14.0. The van der Waals surface area contributed by atoms with Gasteiger partial charge in [-0.05, 0) is 18.9 Å². The lowest BCUT2D eigenvalue weighted by Crippen LogP contribution is -2.52. The van der Waals surface area contributed by atoms with E-state index in [1.807, 2.05) is 30.0 Å². The predicted octanol–water partition coefficient (Wildman–Crippen LogP) is 0.319. The lowest BCUT2D eigenvalue weighted by molar-refractivity contribution is -0.136. The maximum absolute atomic E-state index is 12.6. The Morgan fingerprint density at radius 3 is 2.61 bits per heavy atom. The van der Waals surface area contributed by atoms with Crippen LogP contribution in [0.1, 0.15) is 19.3 Å². The minimum absolute atomic E-state index is 0.0287. The van der Waals surface area contributed by atoms with Gasteiger partial charge >= 0.3 is 0 Å². The van der Waals surface area contributed by atoms with Crippen molar-refractivity contribution in [2.75, 3.05) is 50.1 Å². The van der Waals surface area contributed by atoms with Crippen molar-refractivity contribution in [2.45, 2.75) is 25.3 Å². The van der Waals surface area contributed by atoms with E-state index in [4.69, 9.17) is 5.73 Å². The molecule has 0 unspecified atom stereocenters. The van der Waals surface area contributed by atoms with Crippen molar-refractivity contribution in [1.82, 2.24) is 14.9 Å². The first kappa shape index (κ1) is 16.0. The third kappa shape index (κ3) is 3.39. The summed E-state index contributed by atoms with van der Waals surface area (Å²) in [6.07, 6.45) is 4.78. The molecule has 0 bridgehead atoms. The van der Waals surface area contributed by atoms with Crippen molar-refractivity contribution >= 4 is 17.7 Å². The molecule has 2 fully saturated rings. The lowest BCUT2D eigenvalue weighted by Gasteiger charge is -2.37. The highest BCUT2D eigenvalue weighted by Crippen LogP contribution is 2.26. The van der Waals surface area contributed by atoms with Gasteiger partial charge in [-0.3, -0.25) is 4.79 Å². The van der Waals surface area contributed by atoms with Crippen LogP contribution in [0.2, 0.25) is 0 Å². The molecule has 3 rings (SSSR count). The molecule has 0 radical (unpaired) electrons. The number of carbonyl (C=O) groups is 1. The molecule has 1 saturated heterocycles. The quantitative estimate of drug-likeness (QED) is 0.865. The van der Waals surface area contributed by atoms with Gasteiger partial charge in [-0.2, -0.15) is 4.98 Å². The Kier molecular flexibility index (Phi) is 4.66. The highest BCUT2D eigenvalue weighted by Gasteiger charge is 2.34. The van der Waals surface area contributed by atoms with Gasteiger partial charge in [0.05, 0.1) is 5.92 Å². The van der Waals surface area contributed by atoms with E-state index in [1.54, 1.807) is 6.20 Å². The molecule has 2 atom stereocenters. The number of carbonyl (C=O) groups excluding carboxylic acids is 1. The summed E-state index contributed by atoms with van der Waals surface area (Å²) in [7, 11) is 3.86. The summed E-state index contributed by atoms with van der Waals surface area (Å²) in [5.41, 5.74) is 6.07. The van der Waals surface area contributed by atoms with Crippen molar-refractivity contribution in [3.05, 3.63) is 12.3 Å². The number of hydrogen-bond donors (Lipinski definition) is 1. The Bertz CT molecular complexity index is 555. The molecule has 1 aliphatic heterocycles. The zero-order chi connectivity index (χ0) is 16.4. The van der Waals surface area contributed by atoms with Crippen LogP contribution < -0.4 is 15.5 Å². The summed E-state index contributed by atoms with van der Waals surface area (Å²) in [5.74, 6) is 1.90. The van der Waals surface area contributed by atoms with Crippen LogP contribution in [0.4, 0.5) is 11.8 Å². The fourth-order valence-electron chi connectivity index (χ4n) is 3.42. The first-order valence-electron chi connectivity index (χ1n) is 8.36. The fourth-order valence-corrected chi connectivity index (χ4v) is 3.42. The molecular weight excluding hydrogens is 292 g/mol. The van der Waals surface area contributed by atoms with Gasteiger partial charge in [0.2, 0.25) is 11.9 Å². The van der Waals surface area contributed by atoms with Gasteiger partial charge in [0.15, 0.2) is 0 Å². The number of nitrogens with two attached hydrogens (primary N) is 1.